The first-order valence-corrected chi connectivity index (χ1v) is 13.0. The second-order valence-corrected chi connectivity index (χ2v) is 9.45. The maximum absolute atomic E-state index is 13.8. The lowest BCUT2D eigenvalue weighted by Gasteiger charge is -2.26. The van der Waals surface area contributed by atoms with Crippen molar-refractivity contribution in [2.75, 3.05) is 20.3 Å². The first kappa shape index (κ1) is 26.9. The molecule has 1 aromatic heterocycles. The number of carboxylic acids is 1. The minimum atomic E-state index is -1.08. The number of benzene rings is 2. The summed E-state index contributed by atoms with van der Waals surface area (Å²) in [6.07, 6.45) is 3.00. The number of esters is 1. The van der Waals surface area contributed by atoms with Crippen LogP contribution in [0.25, 0.3) is 6.08 Å². The Morgan fingerprint density at radius 2 is 1.89 bits per heavy atom. The monoisotopic (exact) mass is 536 g/mol. The molecule has 0 bridgehead atoms. The molecule has 0 saturated carbocycles. The molecule has 1 aliphatic heterocycles. The zero-order valence-corrected chi connectivity index (χ0v) is 22.1. The fourth-order valence-electron chi connectivity index (χ4n) is 4.24. The number of aromatic nitrogens is 1. The molecular weight excluding hydrogens is 508 g/mol. The predicted molar refractivity (Wildman–Crippen MR) is 142 cm³/mol. The van der Waals surface area contributed by atoms with Crippen LogP contribution in [0.4, 0.5) is 0 Å². The Hall–Kier alpha value is -4.18. The van der Waals surface area contributed by atoms with Gasteiger partial charge in [0.1, 0.15) is 11.5 Å². The van der Waals surface area contributed by atoms with Crippen LogP contribution in [0.1, 0.15) is 43.9 Å². The van der Waals surface area contributed by atoms with Gasteiger partial charge in [0, 0.05) is 0 Å². The van der Waals surface area contributed by atoms with E-state index in [2.05, 4.69) is 0 Å². The van der Waals surface area contributed by atoms with Crippen LogP contribution in [-0.4, -0.2) is 41.9 Å². The van der Waals surface area contributed by atoms with Gasteiger partial charge in [0.05, 0.1) is 35.6 Å². The van der Waals surface area contributed by atoms with E-state index in [-0.39, 0.29) is 12.2 Å². The van der Waals surface area contributed by atoms with Gasteiger partial charge in [0.15, 0.2) is 11.4 Å². The molecule has 4 rings (SSSR count). The maximum atomic E-state index is 13.8. The number of nitrogens with zero attached hydrogens (tertiary/aromatic N) is 2. The van der Waals surface area contributed by atoms with Crippen molar-refractivity contribution in [2.45, 2.75) is 32.7 Å². The van der Waals surface area contributed by atoms with Gasteiger partial charge in [-0.25, -0.2) is 14.6 Å². The van der Waals surface area contributed by atoms with Crippen LogP contribution in [0, 0.1) is 0 Å². The highest BCUT2D eigenvalue weighted by Gasteiger charge is 2.34. The smallest absolute Gasteiger partial charge is 0.341 e. The highest BCUT2D eigenvalue weighted by molar-refractivity contribution is 7.07. The Morgan fingerprint density at radius 3 is 2.61 bits per heavy atom. The molecule has 0 unspecified atom stereocenters. The van der Waals surface area contributed by atoms with Crippen LogP contribution in [0.2, 0.25) is 0 Å². The number of fused-ring (bicyclic) bond motifs is 1. The predicted octanol–water partition coefficient (Wildman–Crippen LogP) is 3.05. The molecule has 1 aliphatic rings. The zero-order chi connectivity index (χ0) is 27.2. The summed E-state index contributed by atoms with van der Waals surface area (Å²) < 4.78 is 18.0. The molecule has 0 saturated heterocycles. The van der Waals surface area contributed by atoms with E-state index in [0.717, 1.165) is 6.42 Å². The number of ether oxygens (including phenoxy) is 3. The van der Waals surface area contributed by atoms with E-state index in [1.807, 2.05) is 19.1 Å². The average Bonchev–Trinajstić information content (AvgIpc) is 3.21. The average molecular weight is 537 g/mol. The van der Waals surface area contributed by atoms with Crippen molar-refractivity contribution in [3.63, 3.8) is 0 Å². The molecule has 1 N–H and O–H groups in total. The topological polar surface area (TPSA) is 116 Å². The van der Waals surface area contributed by atoms with Crippen molar-refractivity contribution in [1.29, 1.82) is 0 Å². The summed E-state index contributed by atoms with van der Waals surface area (Å²) in [7, 11) is 1.56. The number of hydrogen-bond donors (Lipinski definition) is 1. The van der Waals surface area contributed by atoms with Gasteiger partial charge in [-0.05, 0) is 54.8 Å². The molecule has 0 radical (unpaired) electrons. The van der Waals surface area contributed by atoms with Crippen LogP contribution in [0.3, 0.4) is 0 Å². The Bertz CT molecular complexity index is 1570. The molecule has 10 heteroatoms. The summed E-state index contributed by atoms with van der Waals surface area (Å²) in [5.41, 5.74) is 1.98. The van der Waals surface area contributed by atoms with Gasteiger partial charge in [0.2, 0.25) is 0 Å². The van der Waals surface area contributed by atoms with Crippen molar-refractivity contribution in [3.8, 4) is 11.5 Å². The van der Waals surface area contributed by atoms with Crippen molar-refractivity contribution < 1.29 is 28.9 Å². The van der Waals surface area contributed by atoms with Gasteiger partial charge in [-0.15, -0.1) is 0 Å². The number of thiazole rings is 1. The standard InChI is InChI=1S/C28H28N2O7S/c1-4-8-21-24(27(34)36-5-2)25(18-10-7-11-19(15-18)35-3)30-26(33)22(38-28(30)29-21)14-17-9-6-12-20(13-17)37-16-23(31)32/h6-7,9-15,25H,4-5,8,16H2,1-3H3,(H,31,32)/b22-14-/t25-/m0/s1. The van der Waals surface area contributed by atoms with Crippen LogP contribution in [0.5, 0.6) is 11.5 Å². The first-order valence-electron chi connectivity index (χ1n) is 12.2. The third kappa shape index (κ3) is 5.70. The Balaban J connectivity index is 1.91. The Morgan fingerprint density at radius 1 is 1.13 bits per heavy atom. The Labute approximate surface area is 222 Å². The van der Waals surface area contributed by atoms with E-state index in [1.54, 1.807) is 56.5 Å². The number of allylic oxidation sites excluding steroid dienone is 1. The van der Waals surface area contributed by atoms with Gasteiger partial charge < -0.3 is 19.3 Å². The maximum Gasteiger partial charge on any atom is 0.341 e. The highest BCUT2D eigenvalue weighted by atomic mass is 32.1. The third-order valence-electron chi connectivity index (χ3n) is 5.82. The summed E-state index contributed by atoms with van der Waals surface area (Å²) in [5.74, 6) is -0.621. The van der Waals surface area contributed by atoms with E-state index in [4.69, 9.17) is 24.3 Å². The molecule has 0 amide bonds. The Kier molecular flexibility index (Phi) is 8.42. The van der Waals surface area contributed by atoms with Crippen molar-refractivity contribution in [3.05, 3.63) is 90.6 Å². The lowest BCUT2D eigenvalue weighted by molar-refractivity contribution is -0.140. The summed E-state index contributed by atoms with van der Waals surface area (Å²) in [6.45, 7) is 3.46. The lowest BCUT2D eigenvalue weighted by atomic mass is 9.94. The third-order valence-corrected chi connectivity index (χ3v) is 6.80. The molecule has 198 valence electrons. The molecular formula is C28H28N2O7S. The fourth-order valence-corrected chi connectivity index (χ4v) is 5.26. The van der Waals surface area contributed by atoms with Crippen molar-refractivity contribution >= 4 is 29.4 Å². The second-order valence-electron chi connectivity index (χ2n) is 8.45. The number of rotatable bonds is 10. The molecule has 3 aromatic rings. The number of carbonyl (C=O) groups excluding carboxylic acids is 1. The molecule has 2 heterocycles. The van der Waals surface area contributed by atoms with Crippen LogP contribution in [-0.2, 0) is 14.3 Å². The minimum Gasteiger partial charge on any atom is -0.497 e. The molecule has 0 spiro atoms. The van der Waals surface area contributed by atoms with Crippen LogP contribution in [0.15, 0.2) is 69.6 Å². The van der Waals surface area contributed by atoms with E-state index in [0.29, 0.717) is 49.7 Å². The number of aliphatic carboxylic acids is 1. The van der Waals surface area contributed by atoms with Gasteiger partial charge in [0.25, 0.3) is 5.56 Å². The van der Waals surface area contributed by atoms with Crippen molar-refractivity contribution in [1.82, 2.24) is 4.57 Å². The van der Waals surface area contributed by atoms with E-state index < -0.39 is 24.6 Å². The van der Waals surface area contributed by atoms with E-state index >= 15 is 0 Å². The normalized spacial score (nSPS) is 15.0. The largest absolute Gasteiger partial charge is 0.497 e. The number of hydrogen-bond acceptors (Lipinski definition) is 8. The summed E-state index contributed by atoms with van der Waals surface area (Å²) in [4.78, 5) is 43.1. The summed E-state index contributed by atoms with van der Waals surface area (Å²) >= 11 is 1.22. The molecule has 0 fully saturated rings. The molecule has 1 atom stereocenters. The highest BCUT2D eigenvalue weighted by Crippen LogP contribution is 2.33. The quantitative estimate of drug-likeness (QED) is 0.396. The summed E-state index contributed by atoms with van der Waals surface area (Å²) in [5, 5.41) is 8.88. The summed E-state index contributed by atoms with van der Waals surface area (Å²) in [6, 6.07) is 13.3. The second kappa shape index (κ2) is 11.9. The van der Waals surface area contributed by atoms with Gasteiger partial charge in [-0.2, -0.15) is 0 Å². The van der Waals surface area contributed by atoms with Gasteiger partial charge in [-0.1, -0.05) is 48.9 Å². The van der Waals surface area contributed by atoms with Crippen molar-refractivity contribution in [2.24, 2.45) is 4.99 Å². The zero-order valence-electron chi connectivity index (χ0n) is 21.3. The van der Waals surface area contributed by atoms with Gasteiger partial charge >= 0.3 is 11.9 Å². The van der Waals surface area contributed by atoms with E-state index in [1.165, 1.54) is 15.9 Å². The van der Waals surface area contributed by atoms with Gasteiger partial charge in [-0.3, -0.25) is 9.36 Å². The molecule has 0 aliphatic carbocycles. The number of carbonyl (C=O) groups is 2. The van der Waals surface area contributed by atoms with Crippen LogP contribution < -0.4 is 24.4 Å². The minimum absolute atomic E-state index is 0.192. The molecule has 9 nitrogen and oxygen atoms in total. The first-order chi connectivity index (χ1) is 18.4. The number of methoxy groups -OCH3 is 1. The molecule has 2 aromatic carbocycles. The number of carboxylic acid groups (broad SMARTS) is 1. The SMILES string of the molecule is CCCC1=C(C(=O)OCC)[C@H](c2cccc(OC)c2)n2c(s/c(=C\c3cccc(OCC(=O)O)c3)c2=O)=N1. The van der Waals surface area contributed by atoms with Crippen LogP contribution >= 0.6 is 11.3 Å². The van der Waals surface area contributed by atoms with E-state index in [9.17, 15) is 14.4 Å². The molecule has 38 heavy (non-hydrogen) atoms. The fraction of sp³-hybridized carbons (Fsp3) is 0.286. The lowest BCUT2D eigenvalue weighted by Crippen LogP contribution is -2.40.